The molecule has 0 unspecified atom stereocenters. The highest BCUT2D eigenvalue weighted by atomic mass is 14.7. The van der Waals surface area contributed by atoms with Crippen LogP contribution in [-0.4, -0.2) is 6.01 Å². The van der Waals surface area contributed by atoms with E-state index in [2.05, 4.69) is 4.99 Å². The van der Waals surface area contributed by atoms with Gasteiger partial charge in [-0.2, -0.15) is 5.26 Å². The molecule has 0 amide bonds. The lowest BCUT2D eigenvalue weighted by molar-refractivity contribution is 1.45. The molecule has 32 valence electrons. The monoisotopic (exact) mass is 88.1 g/mol. The molecule has 0 aliphatic carbocycles. The highest BCUT2D eigenvalue weighted by Gasteiger charge is 1.24. The molecule has 0 atom stereocenters. The van der Waals surface area contributed by atoms with E-state index in [1.165, 1.54) is 12.2 Å². The SMILES string of the molecule is N#CN=C=[N-].[2H][N+]([2H])([2H])[2H]. The molecule has 0 aliphatic heterocycles. The molecule has 0 saturated heterocycles. The van der Waals surface area contributed by atoms with Crippen molar-refractivity contribution in [1.29, 1.82) is 5.26 Å². The van der Waals surface area contributed by atoms with Crippen molar-refractivity contribution in [2.24, 2.45) is 4.99 Å². The molecule has 4 heteroatoms. The van der Waals surface area contributed by atoms with Gasteiger partial charge in [0.25, 0.3) is 0 Å². The summed E-state index contributed by atoms with van der Waals surface area (Å²) in [6.45, 7) is 0. The van der Waals surface area contributed by atoms with Gasteiger partial charge in [0.1, 0.15) is 0 Å². The van der Waals surface area contributed by atoms with Crippen molar-refractivity contribution >= 4 is 6.01 Å². The summed E-state index contributed by atoms with van der Waals surface area (Å²) < 4.78 is 23.5. The van der Waals surface area contributed by atoms with E-state index in [-0.39, 0.29) is 0 Å². The molecule has 0 radical (unpaired) electrons. The third-order valence-corrected chi connectivity index (χ3v) is 0.100. The van der Waals surface area contributed by atoms with Gasteiger partial charge in [-0.15, -0.1) is 6.01 Å². The van der Waals surface area contributed by atoms with E-state index < -0.39 is 6.12 Å². The Hall–Kier alpha value is -1.17. The maximum absolute atomic E-state index is 7.43. The number of hydrogen-bond donors (Lipinski definition) is 1. The molecule has 6 heavy (non-hydrogen) atoms. The molecule has 0 aromatic heterocycles. The van der Waals surface area contributed by atoms with Crippen LogP contribution in [0.1, 0.15) is 0 Å². The van der Waals surface area contributed by atoms with Gasteiger partial charge in [0.05, 0.1) is 6.19 Å². The van der Waals surface area contributed by atoms with Crippen LogP contribution in [0.2, 0.25) is 5.65 Å². The molecule has 0 fully saturated rings. The molecule has 4 nitrogen and oxygen atoms in total. The lowest BCUT2D eigenvalue weighted by atomic mass is 11.3. The molecule has 0 aromatic rings. The Kier molecular flexibility index (Phi) is 2.32. The Morgan fingerprint density at radius 3 is 2.67 bits per heavy atom. The topological polar surface area (TPSA) is 95.0 Å². The van der Waals surface area contributed by atoms with Crippen molar-refractivity contribution in [3.8, 4) is 6.19 Å². The van der Waals surface area contributed by atoms with Crippen molar-refractivity contribution in [2.75, 3.05) is 0 Å². The number of nitrogens with zero attached hydrogens (tertiary/aromatic N) is 3. The van der Waals surface area contributed by atoms with Gasteiger partial charge in [0.15, 0.2) is 0 Å². The van der Waals surface area contributed by atoms with E-state index in [1.807, 2.05) is 0 Å². The van der Waals surface area contributed by atoms with Crippen molar-refractivity contribution in [1.82, 2.24) is 6.12 Å². The molecule has 0 heterocycles. The number of rotatable bonds is 0. The molecular formula is C2H4N4. The zero-order chi connectivity index (χ0) is 8.62. The largest absolute Gasteiger partial charge is 0.422 e. The van der Waals surface area contributed by atoms with Crippen LogP contribution in [0.4, 0.5) is 0 Å². The fraction of sp³-hybridized carbons (Fsp3) is 0. The number of hydrogen-bond acceptors (Lipinski definition) is 2. The third kappa shape index (κ3) is 13.8. The summed E-state index contributed by atoms with van der Waals surface area (Å²) in [5.74, 6) is 0. The van der Waals surface area contributed by atoms with Gasteiger partial charge in [0.2, 0.25) is 0 Å². The van der Waals surface area contributed by atoms with Crippen LogP contribution >= 0.6 is 0 Å². The smallest absolute Gasteiger partial charge is 0.342 e. The second-order valence-electron chi connectivity index (χ2n) is 0.312. The standard InChI is InChI=1S/C2N3.H3N/c3-1-5-2-4;/h;1H3/q-1;/p+1/i/hD4. The second-order valence-corrected chi connectivity index (χ2v) is 0.312. The fourth-order valence-electron chi connectivity index (χ4n) is 0.0224. The van der Waals surface area contributed by atoms with Crippen molar-refractivity contribution in [2.45, 2.75) is 0 Å². The summed E-state index contributed by atoms with van der Waals surface area (Å²) >= 11 is 0. The minimum absolute atomic E-state index is 1.28. The van der Waals surface area contributed by atoms with Crippen LogP contribution < -0.4 is 6.12 Å². The first-order valence-corrected chi connectivity index (χ1v) is 0.894. The Labute approximate surface area is 41.1 Å². The highest BCUT2D eigenvalue weighted by Crippen LogP contribution is 1.43. The fourth-order valence-corrected chi connectivity index (χ4v) is 0.0224. The molecule has 4 N–H and O–H groups in total. The summed E-state index contributed by atoms with van der Waals surface area (Å²) in [5.41, 5.74) is 0. The van der Waals surface area contributed by atoms with E-state index in [9.17, 15) is 0 Å². The minimum atomic E-state index is -2.00. The summed E-state index contributed by atoms with van der Waals surface area (Å²) in [4.78, 5) is 2.58. The Morgan fingerprint density at radius 1 is 2.17 bits per heavy atom. The number of aliphatic imine (C=N–C) groups is 1. The van der Waals surface area contributed by atoms with Gasteiger partial charge in [-0.05, 0) is 0 Å². The van der Waals surface area contributed by atoms with Gasteiger partial charge in [0, 0.05) is 0 Å². The van der Waals surface area contributed by atoms with Crippen LogP contribution in [0, 0.1) is 11.5 Å². The first-order chi connectivity index (χ1) is 4.41. The van der Waals surface area contributed by atoms with E-state index in [4.69, 9.17) is 16.3 Å². The van der Waals surface area contributed by atoms with Crippen LogP contribution in [0.15, 0.2) is 4.99 Å². The van der Waals surface area contributed by atoms with Crippen molar-refractivity contribution < 1.29 is 5.65 Å². The molecule has 0 saturated carbocycles. The van der Waals surface area contributed by atoms with E-state index in [1.54, 1.807) is 0 Å². The average Bonchev–Trinajstić information content (AvgIpc) is 1.63. The number of quaternary nitrogens is 1. The van der Waals surface area contributed by atoms with Crippen molar-refractivity contribution in [3.05, 3.63) is 5.41 Å². The predicted molar refractivity (Wildman–Crippen MR) is 22.4 cm³/mol. The Balaban J connectivity index is 0. The van der Waals surface area contributed by atoms with Crippen LogP contribution in [0.5, 0.6) is 0 Å². The zero-order valence-electron chi connectivity index (χ0n) is 6.79. The molecule has 0 bridgehead atoms. The second kappa shape index (κ2) is 9.16. The predicted octanol–water partition coefficient (Wildman–Crippen LogP) is 0.587. The van der Waals surface area contributed by atoms with E-state index >= 15 is 0 Å². The minimum Gasteiger partial charge on any atom is -0.422 e. The zero-order valence-corrected chi connectivity index (χ0v) is 2.79. The maximum Gasteiger partial charge on any atom is 0.342 e. The van der Waals surface area contributed by atoms with E-state index in [0.29, 0.717) is 0 Å². The van der Waals surface area contributed by atoms with Gasteiger partial charge in [-0.1, -0.05) is 0 Å². The van der Waals surface area contributed by atoms with Gasteiger partial charge < -0.3 is 16.5 Å². The maximum atomic E-state index is 7.43. The van der Waals surface area contributed by atoms with Crippen molar-refractivity contribution in [3.63, 3.8) is 0 Å². The summed E-state index contributed by atoms with van der Waals surface area (Å²) in [7, 11) is 0. The summed E-state index contributed by atoms with van der Waals surface area (Å²) in [5, 5.41) is 14.9. The van der Waals surface area contributed by atoms with Gasteiger partial charge in [-0.3, -0.25) is 0 Å². The molecule has 0 aliphatic rings. The normalized spacial score (nSPS) is 13.8. The van der Waals surface area contributed by atoms with E-state index in [0.717, 1.165) is 0 Å². The molecule has 0 spiro atoms. The van der Waals surface area contributed by atoms with Gasteiger partial charge in [-0.25, -0.2) is 0 Å². The molecule has 0 rings (SSSR count). The molecule has 0 aromatic carbocycles. The van der Waals surface area contributed by atoms with Crippen LogP contribution in [-0.2, 0) is 0 Å². The third-order valence-electron chi connectivity index (χ3n) is 0.100. The lowest BCUT2D eigenvalue weighted by Gasteiger charge is -1.56. The van der Waals surface area contributed by atoms with Crippen LogP contribution in [0.3, 0.4) is 0 Å². The first-order valence-electron chi connectivity index (χ1n) is 2.68. The lowest BCUT2D eigenvalue weighted by Crippen LogP contribution is -1.36. The van der Waals surface area contributed by atoms with Gasteiger partial charge >= 0.3 is 5.65 Å². The Bertz CT molecular complexity index is 153. The summed E-state index contributed by atoms with van der Waals surface area (Å²) in [6, 6.07) is 1.28. The van der Waals surface area contributed by atoms with Crippen LogP contribution in [0.25, 0.3) is 5.41 Å². The number of nitriles is 1. The first kappa shape index (κ1) is 1.52. The highest BCUT2D eigenvalue weighted by molar-refractivity contribution is 5.46. The molecular weight excluding hydrogens is 80.1 g/mol. The Morgan fingerprint density at radius 2 is 2.67 bits per heavy atom. The summed E-state index contributed by atoms with van der Waals surface area (Å²) in [6.07, 6.45) is -0.719. The quantitative estimate of drug-likeness (QED) is 0.340. The average molecular weight is 88.1 g/mol.